The van der Waals surface area contributed by atoms with Gasteiger partial charge in [0.2, 0.25) is 5.95 Å². The molecule has 4 atom stereocenters. The zero-order valence-electron chi connectivity index (χ0n) is 27.0. The highest BCUT2D eigenvalue weighted by Crippen LogP contribution is 2.43. The third-order valence-corrected chi connectivity index (χ3v) is 17.9. The van der Waals surface area contributed by atoms with Crippen LogP contribution in [-0.2, 0) is 24.2 Å². The first-order chi connectivity index (χ1) is 20.1. The fraction of sp³-hybridized carbons (Fsp3) is 0.759. The van der Waals surface area contributed by atoms with Gasteiger partial charge in [0.25, 0.3) is 5.56 Å². The molecule has 4 rings (SSSR count). The Kier molecular flexibility index (Phi) is 10.3. The van der Waals surface area contributed by atoms with E-state index in [4.69, 9.17) is 23.4 Å². The van der Waals surface area contributed by atoms with Crippen molar-refractivity contribution < 1.29 is 22.8 Å². The summed E-state index contributed by atoms with van der Waals surface area (Å²) in [7, 11) is -5.81. The van der Waals surface area contributed by atoms with Crippen LogP contribution in [0.1, 0.15) is 61.6 Å². The molecule has 0 amide bonds. The molecule has 43 heavy (non-hydrogen) atoms. The predicted molar refractivity (Wildman–Crippen MR) is 171 cm³/mol. The van der Waals surface area contributed by atoms with E-state index in [1.807, 2.05) is 0 Å². The maximum absolute atomic E-state index is 13.8. The summed E-state index contributed by atoms with van der Waals surface area (Å²) in [5, 5.41) is 11.9. The minimum Gasteiger partial charge on any atom is -0.414 e. The van der Waals surface area contributed by atoms with Gasteiger partial charge in [-0.05, 0) is 47.8 Å². The van der Waals surface area contributed by atoms with Gasteiger partial charge in [0.15, 0.2) is 17.4 Å². The Balaban J connectivity index is 1.86. The lowest BCUT2D eigenvalue weighted by atomic mass is 10.1. The number of allylic oxidation sites excluding steroid dienone is 1. The largest absolute Gasteiger partial charge is 0.414 e. The first-order valence-electron chi connectivity index (χ1n) is 15.6. The number of nitrogens with two attached hydrogens (primary N) is 1. The van der Waals surface area contributed by atoms with Crippen LogP contribution in [0.2, 0.25) is 24.2 Å². The smallest absolute Gasteiger partial charge is 0.333 e. The molecule has 2 aromatic rings. The fourth-order valence-corrected chi connectivity index (χ4v) is 18.3. The first kappa shape index (κ1) is 33.8. The lowest BCUT2D eigenvalue weighted by Crippen LogP contribution is -2.62. The van der Waals surface area contributed by atoms with Gasteiger partial charge >= 0.3 is 22.8 Å². The van der Waals surface area contributed by atoms with E-state index in [2.05, 4.69) is 71.9 Å². The number of hydrogen-bond donors (Lipinski definition) is 3. The van der Waals surface area contributed by atoms with Crippen molar-refractivity contribution in [3.05, 3.63) is 33.5 Å². The molecule has 242 valence electrons. The number of nitrogens with one attached hydrogen (secondary N) is 1. The van der Waals surface area contributed by atoms with Crippen molar-refractivity contribution in [3.63, 3.8) is 0 Å². The number of aliphatic hydroxyl groups excluding tert-OH is 1. The lowest BCUT2D eigenvalue weighted by Gasteiger charge is -2.47. The summed E-state index contributed by atoms with van der Waals surface area (Å²) in [6.07, 6.45) is -2.38. The van der Waals surface area contributed by atoms with E-state index in [1.165, 1.54) is 15.2 Å². The van der Waals surface area contributed by atoms with E-state index < -0.39 is 52.9 Å². The SMILES string of the molecule is C=CCn1c(=O)n([C@@H]2O[C@@H]3CO[Si](CC(C)C)(CC(C)C)O[Si](CC(C)C)(CC(C)C)O[C@H]3[C@H]2O)c2nc(N)[nH]c(=O)c21. The highest BCUT2D eigenvalue weighted by molar-refractivity contribution is 6.81. The van der Waals surface area contributed by atoms with Crippen molar-refractivity contribution in [2.45, 2.75) is 111 Å². The molecule has 0 radical (unpaired) electrons. The summed E-state index contributed by atoms with van der Waals surface area (Å²) >= 11 is 0. The van der Waals surface area contributed by atoms with Crippen LogP contribution in [0.4, 0.5) is 5.95 Å². The van der Waals surface area contributed by atoms with Crippen molar-refractivity contribution in [3.8, 4) is 0 Å². The number of hydrogen-bond acceptors (Lipinski definition) is 9. The van der Waals surface area contributed by atoms with Crippen LogP contribution in [0.5, 0.6) is 0 Å². The molecule has 2 fully saturated rings. The molecule has 2 saturated heterocycles. The van der Waals surface area contributed by atoms with Gasteiger partial charge in [0, 0.05) is 6.54 Å². The Bertz CT molecular complexity index is 1380. The number of H-pyrrole nitrogens is 1. The van der Waals surface area contributed by atoms with Gasteiger partial charge in [-0.2, -0.15) is 4.98 Å². The van der Waals surface area contributed by atoms with Gasteiger partial charge in [-0.25, -0.2) is 9.36 Å². The number of nitrogen functional groups attached to an aromatic ring is 1. The van der Waals surface area contributed by atoms with Gasteiger partial charge in [0.05, 0.1) is 6.61 Å². The number of aromatic nitrogens is 4. The Morgan fingerprint density at radius 3 is 2.12 bits per heavy atom. The standard InChI is InChI=1S/C29H51N5O7Si2/c1-10-11-33-22-25(31-28(30)32-26(22)36)34(29(33)37)27-23(35)24-21(39-27)12-38-42(13-17(2)3,14-18(4)5)41-43(40-24,15-19(6)7)16-20(8)9/h10,17-21,23-24,27,35H,1,11-16H2,2-9H3,(H3,30,31,32,36)/t21-,23-,24-,27-/m1/s1. The number of ether oxygens (including phenoxy) is 1. The molecule has 4 N–H and O–H groups in total. The highest BCUT2D eigenvalue weighted by Gasteiger charge is 2.58. The monoisotopic (exact) mass is 637 g/mol. The van der Waals surface area contributed by atoms with E-state index in [0.29, 0.717) is 23.7 Å². The average Bonchev–Trinajstić information content (AvgIpc) is 3.28. The number of aromatic amines is 1. The average molecular weight is 638 g/mol. The fourth-order valence-electron chi connectivity index (χ4n) is 6.85. The highest BCUT2D eigenvalue weighted by atomic mass is 28.5. The first-order valence-corrected chi connectivity index (χ1v) is 20.0. The van der Waals surface area contributed by atoms with Crippen LogP contribution in [0.25, 0.3) is 11.2 Å². The summed E-state index contributed by atoms with van der Waals surface area (Å²) in [6, 6.07) is 3.13. The number of anilines is 1. The maximum Gasteiger partial charge on any atom is 0.333 e. The number of rotatable bonds is 11. The van der Waals surface area contributed by atoms with E-state index >= 15 is 0 Å². The van der Waals surface area contributed by atoms with Crippen molar-refractivity contribution >= 4 is 34.2 Å². The second-order valence-electron chi connectivity index (χ2n) is 13.9. The van der Waals surface area contributed by atoms with Gasteiger partial charge in [0.1, 0.15) is 18.3 Å². The summed E-state index contributed by atoms with van der Waals surface area (Å²) in [4.78, 5) is 33.4. The molecule has 14 heteroatoms. The van der Waals surface area contributed by atoms with Crippen LogP contribution in [0.15, 0.2) is 22.2 Å². The minimum absolute atomic E-state index is 0.0276. The van der Waals surface area contributed by atoms with Crippen LogP contribution in [-0.4, -0.2) is 66.2 Å². The number of nitrogens with zero attached hydrogens (tertiary/aromatic N) is 3. The topological polar surface area (TPSA) is 156 Å². The molecule has 4 heterocycles. The van der Waals surface area contributed by atoms with E-state index in [-0.39, 0.29) is 30.3 Å². The van der Waals surface area contributed by atoms with Crippen molar-refractivity contribution in [1.82, 2.24) is 19.1 Å². The Morgan fingerprint density at radius 1 is 1.02 bits per heavy atom. The quantitative estimate of drug-likeness (QED) is 0.246. The summed E-state index contributed by atoms with van der Waals surface area (Å²) in [6.45, 7) is 21.4. The van der Waals surface area contributed by atoms with Crippen LogP contribution < -0.4 is 17.0 Å². The molecule has 12 nitrogen and oxygen atoms in total. The number of aliphatic hydroxyl groups is 1. The number of imidazole rings is 1. The molecule has 0 saturated carbocycles. The molecule has 0 spiro atoms. The zero-order valence-corrected chi connectivity index (χ0v) is 29.0. The molecule has 0 bridgehead atoms. The van der Waals surface area contributed by atoms with Crippen LogP contribution in [0, 0.1) is 23.7 Å². The van der Waals surface area contributed by atoms with Crippen LogP contribution in [0.3, 0.4) is 0 Å². The third-order valence-electron chi connectivity index (χ3n) is 7.82. The molecular weight excluding hydrogens is 587 g/mol. The molecular formula is C29H51N5O7Si2. The van der Waals surface area contributed by atoms with Crippen molar-refractivity contribution in [2.24, 2.45) is 23.7 Å². The Hall–Kier alpha value is -2.08. The van der Waals surface area contributed by atoms with E-state index in [9.17, 15) is 14.7 Å². The molecule has 0 aromatic carbocycles. The Morgan fingerprint density at radius 2 is 1.58 bits per heavy atom. The normalized spacial score (nSPS) is 25.5. The molecule has 2 aromatic heterocycles. The second-order valence-corrected chi connectivity index (χ2v) is 20.6. The summed E-state index contributed by atoms with van der Waals surface area (Å²) in [5.74, 6) is 1.16. The molecule has 0 aliphatic carbocycles. The zero-order chi connectivity index (χ0) is 31.9. The summed E-state index contributed by atoms with van der Waals surface area (Å²) < 4.78 is 30.3. The maximum atomic E-state index is 13.8. The van der Waals surface area contributed by atoms with Gasteiger partial charge in [-0.1, -0.05) is 61.5 Å². The molecule has 0 unspecified atom stereocenters. The van der Waals surface area contributed by atoms with Crippen LogP contribution >= 0.6 is 0 Å². The molecule has 2 aliphatic heterocycles. The van der Waals surface area contributed by atoms with Gasteiger partial charge < -0.3 is 28.5 Å². The predicted octanol–water partition coefficient (Wildman–Crippen LogP) is 3.85. The van der Waals surface area contributed by atoms with Gasteiger partial charge in [-0.3, -0.25) is 14.3 Å². The summed E-state index contributed by atoms with van der Waals surface area (Å²) in [5.41, 5.74) is 4.82. The lowest BCUT2D eigenvalue weighted by molar-refractivity contribution is -0.0572. The molecule has 2 aliphatic rings. The van der Waals surface area contributed by atoms with E-state index in [1.54, 1.807) is 0 Å². The van der Waals surface area contributed by atoms with Crippen molar-refractivity contribution in [2.75, 3.05) is 12.3 Å². The Labute approximate surface area is 256 Å². The second kappa shape index (κ2) is 13.1. The van der Waals surface area contributed by atoms with Crippen molar-refractivity contribution in [1.29, 1.82) is 0 Å². The van der Waals surface area contributed by atoms with E-state index in [0.717, 1.165) is 24.2 Å². The third kappa shape index (κ3) is 7.10. The minimum atomic E-state index is -3.01. The number of fused-ring (bicyclic) bond motifs is 2. The van der Waals surface area contributed by atoms with Gasteiger partial charge in [-0.15, -0.1) is 6.58 Å².